The standard InChI is InChI=1S/C8H6O2S/c1-2-7(6-9-3-1)8-10-4-5-11-8/h1-5,8H. The van der Waals surface area contributed by atoms with Crippen molar-refractivity contribution in [1.82, 2.24) is 0 Å². The van der Waals surface area contributed by atoms with Gasteiger partial charge >= 0.3 is 0 Å². The van der Waals surface area contributed by atoms with E-state index in [1.165, 1.54) is 0 Å². The summed E-state index contributed by atoms with van der Waals surface area (Å²) in [4.78, 5) is 0. The minimum atomic E-state index is 0.0277. The second-order valence-electron chi connectivity index (χ2n) is 2.05. The summed E-state index contributed by atoms with van der Waals surface area (Å²) < 4.78 is 10.1. The van der Waals surface area contributed by atoms with Gasteiger partial charge in [-0.15, -0.1) is 0 Å². The molecule has 1 unspecified atom stereocenters. The summed E-state index contributed by atoms with van der Waals surface area (Å²) in [5, 5.41) is 1.91. The van der Waals surface area contributed by atoms with Gasteiger partial charge in [0.1, 0.15) is 0 Å². The maximum Gasteiger partial charge on any atom is 0.229 e. The summed E-state index contributed by atoms with van der Waals surface area (Å²) in [5.41, 5.74) is 0.961. The molecule has 0 N–H and O–H groups in total. The van der Waals surface area contributed by atoms with Gasteiger partial charge in [-0.1, -0.05) is 17.8 Å². The van der Waals surface area contributed by atoms with Gasteiger partial charge in [-0.05, 0) is 6.08 Å². The van der Waals surface area contributed by atoms with Gasteiger partial charge in [0, 0.05) is 11.0 Å². The molecule has 2 radical (unpaired) electrons. The molecule has 0 fully saturated rings. The van der Waals surface area contributed by atoms with Crippen LogP contribution in [-0.2, 0) is 9.47 Å². The zero-order valence-corrected chi connectivity index (χ0v) is 6.51. The van der Waals surface area contributed by atoms with Crippen LogP contribution in [-0.4, -0.2) is 5.44 Å². The summed E-state index contributed by atoms with van der Waals surface area (Å²) >= 11 is 1.60. The lowest BCUT2D eigenvalue weighted by Crippen LogP contribution is -2.07. The van der Waals surface area contributed by atoms with Crippen molar-refractivity contribution in [3.63, 3.8) is 0 Å². The summed E-state index contributed by atoms with van der Waals surface area (Å²) in [6, 6.07) is 0. The van der Waals surface area contributed by atoms with Gasteiger partial charge in [0.2, 0.25) is 6.61 Å². The molecular weight excluding hydrogens is 160 g/mol. The smallest absolute Gasteiger partial charge is 0.229 e. The third kappa shape index (κ3) is 1.43. The molecule has 0 aliphatic carbocycles. The molecule has 3 heteroatoms. The molecule has 2 heterocycles. The third-order valence-corrected chi connectivity index (χ3v) is 2.19. The van der Waals surface area contributed by atoms with Gasteiger partial charge in [0.05, 0.1) is 12.5 Å². The Morgan fingerprint density at radius 2 is 2.45 bits per heavy atom. The topological polar surface area (TPSA) is 18.5 Å². The van der Waals surface area contributed by atoms with Crippen LogP contribution in [0.4, 0.5) is 0 Å². The first-order valence-electron chi connectivity index (χ1n) is 3.21. The van der Waals surface area contributed by atoms with Crippen molar-refractivity contribution in [2.45, 2.75) is 5.44 Å². The van der Waals surface area contributed by atoms with E-state index in [1.807, 2.05) is 17.6 Å². The summed E-state index contributed by atoms with van der Waals surface area (Å²) in [5.74, 6) is 0. The summed E-state index contributed by atoms with van der Waals surface area (Å²) in [7, 11) is 0. The molecule has 0 aromatic carbocycles. The van der Waals surface area contributed by atoms with Crippen LogP contribution >= 0.6 is 11.8 Å². The van der Waals surface area contributed by atoms with Crippen LogP contribution in [0.2, 0.25) is 0 Å². The fourth-order valence-electron chi connectivity index (χ4n) is 0.831. The van der Waals surface area contributed by atoms with Crippen LogP contribution in [0.25, 0.3) is 0 Å². The second-order valence-corrected chi connectivity index (χ2v) is 3.02. The average molecular weight is 166 g/mol. The molecule has 0 spiro atoms. The van der Waals surface area contributed by atoms with Crippen molar-refractivity contribution in [1.29, 1.82) is 0 Å². The normalized spacial score (nSPS) is 27.6. The van der Waals surface area contributed by atoms with E-state index in [1.54, 1.807) is 24.3 Å². The maximum atomic E-state index is 5.23. The van der Waals surface area contributed by atoms with Gasteiger partial charge in [0.25, 0.3) is 0 Å². The van der Waals surface area contributed by atoms with Crippen molar-refractivity contribution in [3.05, 3.63) is 42.3 Å². The Labute approximate surface area is 69.6 Å². The molecule has 2 nitrogen and oxygen atoms in total. The number of hydrogen-bond acceptors (Lipinski definition) is 3. The van der Waals surface area contributed by atoms with Crippen molar-refractivity contribution in [3.8, 4) is 0 Å². The highest BCUT2D eigenvalue weighted by Gasteiger charge is 2.19. The van der Waals surface area contributed by atoms with Gasteiger partial charge in [-0.3, -0.25) is 0 Å². The number of rotatable bonds is 1. The van der Waals surface area contributed by atoms with E-state index in [2.05, 4.69) is 6.61 Å². The lowest BCUT2D eigenvalue weighted by Gasteiger charge is -2.13. The van der Waals surface area contributed by atoms with Gasteiger partial charge < -0.3 is 9.47 Å². The van der Waals surface area contributed by atoms with E-state index in [0.29, 0.717) is 0 Å². The molecule has 0 saturated heterocycles. The fraction of sp³-hybridized carbons (Fsp3) is 0.125. The van der Waals surface area contributed by atoms with E-state index in [-0.39, 0.29) is 5.44 Å². The minimum absolute atomic E-state index is 0.0277. The molecule has 1 atom stereocenters. The van der Waals surface area contributed by atoms with Gasteiger partial charge in [-0.2, -0.15) is 0 Å². The predicted molar refractivity (Wildman–Crippen MR) is 43.2 cm³/mol. The Balaban J connectivity index is 2.03. The largest absolute Gasteiger partial charge is 0.482 e. The molecular formula is C8H6O2S. The highest BCUT2D eigenvalue weighted by atomic mass is 32.2. The summed E-state index contributed by atoms with van der Waals surface area (Å²) in [6.07, 6.45) is 7.01. The van der Waals surface area contributed by atoms with E-state index < -0.39 is 0 Å². The first-order valence-corrected chi connectivity index (χ1v) is 4.15. The Bertz CT molecular complexity index is 222. The molecule has 56 valence electrons. The Kier molecular flexibility index (Phi) is 1.90. The Morgan fingerprint density at radius 3 is 3.09 bits per heavy atom. The van der Waals surface area contributed by atoms with E-state index in [0.717, 1.165) is 5.57 Å². The molecule has 2 aliphatic rings. The SMILES string of the molecule is [C]1OC=CC=C1C1OC=CS1. The molecule has 11 heavy (non-hydrogen) atoms. The quantitative estimate of drug-likeness (QED) is 0.594. The predicted octanol–water partition coefficient (Wildman–Crippen LogP) is 2.06. The van der Waals surface area contributed by atoms with Crippen LogP contribution in [0.5, 0.6) is 0 Å². The van der Waals surface area contributed by atoms with Crippen LogP contribution in [0.3, 0.4) is 0 Å². The number of hydrogen-bond donors (Lipinski definition) is 0. The second kappa shape index (κ2) is 3.05. The highest BCUT2D eigenvalue weighted by molar-refractivity contribution is 8.02. The third-order valence-electron chi connectivity index (χ3n) is 1.31. The molecule has 0 amide bonds. The molecule has 2 rings (SSSR count). The number of ether oxygens (including phenoxy) is 2. The van der Waals surface area contributed by atoms with Crippen molar-refractivity contribution in [2.24, 2.45) is 0 Å². The van der Waals surface area contributed by atoms with E-state index in [9.17, 15) is 0 Å². The van der Waals surface area contributed by atoms with E-state index in [4.69, 9.17) is 9.47 Å². The number of thioether (sulfide) groups is 1. The Hall–Kier alpha value is -0.830. The van der Waals surface area contributed by atoms with Crippen LogP contribution in [0.15, 0.2) is 35.7 Å². The molecule has 2 aliphatic heterocycles. The molecule has 0 saturated carbocycles. The van der Waals surface area contributed by atoms with Crippen molar-refractivity contribution in [2.75, 3.05) is 0 Å². The average Bonchev–Trinajstić information content (AvgIpc) is 2.58. The monoisotopic (exact) mass is 166 g/mol. The van der Waals surface area contributed by atoms with Gasteiger partial charge in [-0.25, -0.2) is 0 Å². The van der Waals surface area contributed by atoms with Crippen molar-refractivity contribution < 1.29 is 9.47 Å². The summed E-state index contributed by atoms with van der Waals surface area (Å²) in [6.45, 7) is 2.75. The molecule has 0 bridgehead atoms. The minimum Gasteiger partial charge on any atom is -0.482 e. The first kappa shape index (κ1) is 6.85. The lowest BCUT2D eigenvalue weighted by molar-refractivity contribution is 0.242. The highest BCUT2D eigenvalue weighted by Crippen LogP contribution is 2.30. The zero-order valence-electron chi connectivity index (χ0n) is 5.69. The molecule has 0 aromatic heterocycles. The number of allylic oxidation sites excluding steroid dienone is 2. The maximum absolute atomic E-state index is 5.23. The first-order chi connectivity index (χ1) is 5.47. The Morgan fingerprint density at radius 1 is 1.45 bits per heavy atom. The van der Waals surface area contributed by atoms with Crippen LogP contribution in [0, 0.1) is 6.61 Å². The van der Waals surface area contributed by atoms with Crippen LogP contribution in [0.1, 0.15) is 0 Å². The lowest BCUT2D eigenvalue weighted by atomic mass is 10.2. The van der Waals surface area contributed by atoms with Crippen LogP contribution < -0.4 is 0 Å². The fourth-order valence-corrected chi connectivity index (χ4v) is 1.50. The van der Waals surface area contributed by atoms with Crippen molar-refractivity contribution >= 4 is 11.8 Å². The molecule has 0 aromatic rings. The van der Waals surface area contributed by atoms with Gasteiger partial charge in [0.15, 0.2) is 5.44 Å². The van der Waals surface area contributed by atoms with E-state index >= 15 is 0 Å². The zero-order chi connectivity index (χ0) is 7.52.